The normalized spacial score (nSPS) is 28.6. The Hall–Kier alpha value is -1.61. The zero-order valence-electron chi connectivity index (χ0n) is 22.0. The first kappa shape index (κ1) is 25.1. The van der Waals surface area contributed by atoms with E-state index < -0.39 is 0 Å². The topological polar surface area (TPSA) is 23.6 Å². The molecule has 3 heteroatoms. The first-order valence-electron chi connectivity index (χ1n) is 15.1. The molecule has 0 aromatic carbocycles. The molecular formula is C32H48N2O. The summed E-state index contributed by atoms with van der Waals surface area (Å²) in [6, 6.07) is 1.83. The second-order valence-electron chi connectivity index (χ2n) is 11.8. The van der Waals surface area contributed by atoms with Crippen molar-refractivity contribution >= 4 is 5.91 Å². The van der Waals surface area contributed by atoms with Crippen molar-refractivity contribution in [2.24, 2.45) is 5.92 Å². The molecule has 2 unspecified atom stereocenters. The van der Waals surface area contributed by atoms with Crippen LogP contribution in [0.1, 0.15) is 116 Å². The highest BCUT2D eigenvalue weighted by atomic mass is 16.2. The van der Waals surface area contributed by atoms with E-state index in [1.165, 1.54) is 83.6 Å². The van der Waals surface area contributed by atoms with Crippen LogP contribution in [0.2, 0.25) is 0 Å². The van der Waals surface area contributed by atoms with E-state index in [0.717, 1.165) is 61.9 Å². The standard InChI is InChI=1S/C32H48N2O/c35-32(27-13-5-1-6-14-27)34(30-19-11-4-12-20-30)31-23-21-26(22-24-31)25-33(28-15-7-2-8-16-28)29-17-9-3-10-18-29/h11,13,19-21,23,26,28-29,31H,1-10,12,14-18,22,24-25H2. The van der Waals surface area contributed by atoms with E-state index in [2.05, 4.69) is 46.3 Å². The monoisotopic (exact) mass is 476 g/mol. The molecule has 0 aromatic rings. The molecule has 0 spiro atoms. The average Bonchev–Trinajstić information content (AvgIpc) is 2.94. The van der Waals surface area contributed by atoms with Crippen LogP contribution in [0.5, 0.6) is 0 Å². The minimum atomic E-state index is 0.202. The Bertz CT molecular complexity index is 807. The lowest BCUT2D eigenvalue weighted by atomic mass is 9.85. The third-order valence-corrected chi connectivity index (χ3v) is 9.34. The number of hydrogen-bond donors (Lipinski definition) is 0. The number of carbonyl (C=O) groups excluding carboxylic acids is 1. The van der Waals surface area contributed by atoms with E-state index in [1.54, 1.807) is 0 Å². The molecule has 0 aromatic heterocycles. The Morgan fingerprint density at radius 2 is 1.49 bits per heavy atom. The van der Waals surface area contributed by atoms with Gasteiger partial charge in [0.15, 0.2) is 0 Å². The van der Waals surface area contributed by atoms with Crippen LogP contribution in [0.15, 0.2) is 47.7 Å². The fraction of sp³-hybridized carbons (Fsp3) is 0.719. The van der Waals surface area contributed by atoms with E-state index in [0.29, 0.717) is 5.92 Å². The lowest BCUT2D eigenvalue weighted by Crippen LogP contribution is -2.48. The Morgan fingerprint density at radius 1 is 0.743 bits per heavy atom. The van der Waals surface area contributed by atoms with Gasteiger partial charge in [0.05, 0.1) is 6.04 Å². The molecule has 3 nitrogen and oxygen atoms in total. The molecule has 192 valence electrons. The molecule has 2 fully saturated rings. The van der Waals surface area contributed by atoms with Gasteiger partial charge in [-0.05, 0) is 89.0 Å². The number of amides is 1. The van der Waals surface area contributed by atoms with Crippen molar-refractivity contribution in [3.05, 3.63) is 47.7 Å². The smallest absolute Gasteiger partial charge is 0.254 e. The molecule has 5 aliphatic rings. The second-order valence-corrected chi connectivity index (χ2v) is 11.8. The quantitative estimate of drug-likeness (QED) is 0.349. The van der Waals surface area contributed by atoms with Crippen molar-refractivity contribution in [1.29, 1.82) is 0 Å². The second kappa shape index (κ2) is 12.6. The minimum absolute atomic E-state index is 0.202. The number of allylic oxidation sites excluding steroid dienone is 4. The summed E-state index contributed by atoms with van der Waals surface area (Å²) < 4.78 is 0. The largest absolute Gasteiger partial charge is 0.302 e. The average molecular weight is 477 g/mol. The van der Waals surface area contributed by atoms with Gasteiger partial charge < -0.3 is 4.90 Å². The molecule has 35 heavy (non-hydrogen) atoms. The lowest BCUT2D eigenvalue weighted by Gasteiger charge is -2.44. The van der Waals surface area contributed by atoms with Gasteiger partial charge in [0.2, 0.25) is 0 Å². The van der Waals surface area contributed by atoms with E-state index in [-0.39, 0.29) is 11.9 Å². The molecule has 5 aliphatic carbocycles. The SMILES string of the molecule is O=C(C1=CCCCC1)N(C1=CCCC=C1)C1C=CC(CN(C2CCCCC2)C2CCCCC2)CC1. The summed E-state index contributed by atoms with van der Waals surface area (Å²) in [5.41, 5.74) is 2.18. The number of nitrogens with zero attached hydrogens (tertiary/aromatic N) is 2. The van der Waals surface area contributed by atoms with Gasteiger partial charge in [0, 0.05) is 29.9 Å². The van der Waals surface area contributed by atoms with Gasteiger partial charge in [-0.3, -0.25) is 9.69 Å². The summed E-state index contributed by atoms with van der Waals surface area (Å²) in [7, 11) is 0. The molecule has 1 amide bonds. The number of carbonyl (C=O) groups is 1. The third-order valence-electron chi connectivity index (χ3n) is 9.34. The molecule has 0 radical (unpaired) electrons. The molecule has 0 heterocycles. The summed E-state index contributed by atoms with van der Waals surface area (Å²) in [5.74, 6) is 0.901. The van der Waals surface area contributed by atoms with E-state index in [1.807, 2.05) is 0 Å². The van der Waals surface area contributed by atoms with Gasteiger partial charge in [-0.1, -0.05) is 68.9 Å². The van der Waals surface area contributed by atoms with Crippen LogP contribution in [0.25, 0.3) is 0 Å². The predicted molar refractivity (Wildman–Crippen MR) is 146 cm³/mol. The molecule has 5 rings (SSSR count). The lowest BCUT2D eigenvalue weighted by molar-refractivity contribution is -0.126. The molecule has 0 aliphatic heterocycles. The molecule has 0 saturated heterocycles. The van der Waals surface area contributed by atoms with Crippen LogP contribution in [-0.2, 0) is 4.79 Å². The molecule has 2 saturated carbocycles. The van der Waals surface area contributed by atoms with Crippen molar-refractivity contribution in [3.63, 3.8) is 0 Å². The van der Waals surface area contributed by atoms with E-state index in [9.17, 15) is 4.79 Å². The van der Waals surface area contributed by atoms with Crippen LogP contribution in [0.3, 0.4) is 0 Å². The van der Waals surface area contributed by atoms with Crippen LogP contribution >= 0.6 is 0 Å². The zero-order valence-corrected chi connectivity index (χ0v) is 22.0. The van der Waals surface area contributed by atoms with Crippen LogP contribution in [-0.4, -0.2) is 40.4 Å². The first-order valence-corrected chi connectivity index (χ1v) is 15.1. The van der Waals surface area contributed by atoms with Crippen LogP contribution in [0.4, 0.5) is 0 Å². The van der Waals surface area contributed by atoms with E-state index in [4.69, 9.17) is 0 Å². The highest BCUT2D eigenvalue weighted by Gasteiger charge is 2.33. The van der Waals surface area contributed by atoms with Crippen LogP contribution in [0, 0.1) is 5.92 Å². The Balaban J connectivity index is 1.29. The summed E-state index contributed by atoms with van der Waals surface area (Å²) in [5, 5.41) is 0. The van der Waals surface area contributed by atoms with Gasteiger partial charge in [0.25, 0.3) is 5.91 Å². The first-order chi connectivity index (χ1) is 17.3. The maximum absolute atomic E-state index is 13.7. The van der Waals surface area contributed by atoms with Crippen LogP contribution < -0.4 is 0 Å². The Morgan fingerprint density at radius 3 is 2.06 bits per heavy atom. The molecule has 0 bridgehead atoms. The maximum Gasteiger partial charge on any atom is 0.254 e. The van der Waals surface area contributed by atoms with Gasteiger partial charge in [-0.25, -0.2) is 0 Å². The van der Waals surface area contributed by atoms with Crippen molar-refractivity contribution in [3.8, 4) is 0 Å². The van der Waals surface area contributed by atoms with Gasteiger partial charge in [-0.15, -0.1) is 0 Å². The molecular weight excluding hydrogens is 428 g/mol. The van der Waals surface area contributed by atoms with Crippen molar-refractivity contribution < 1.29 is 4.79 Å². The highest BCUT2D eigenvalue weighted by Crippen LogP contribution is 2.34. The summed E-state index contributed by atoms with van der Waals surface area (Å²) in [6.07, 6.45) is 36.9. The van der Waals surface area contributed by atoms with Gasteiger partial charge in [-0.2, -0.15) is 0 Å². The molecule has 0 N–H and O–H groups in total. The number of hydrogen-bond acceptors (Lipinski definition) is 2. The molecule has 2 atom stereocenters. The maximum atomic E-state index is 13.7. The van der Waals surface area contributed by atoms with Crippen molar-refractivity contribution in [2.45, 2.75) is 134 Å². The summed E-state index contributed by atoms with van der Waals surface area (Å²) >= 11 is 0. The third kappa shape index (κ3) is 6.40. The summed E-state index contributed by atoms with van der Waals surface area (Å²) in [6.45, 7) is 1.24. The predicted octanol–water partition coefficient (Wildman–Crippen LogP) is 7.85. The summed E-state index contributed by atoms with van der Waals surface area (Å²) in [4.78, 5) is 18.8. The minimum Gasteiger partial charge on any atom is -0.302 e. The Kier molecular flexibility index (Phi) is 9.00. The van der Waals surface area contributed by atoms with Gasteiger partial charge in [0.1, 0.15) is 0 Å². The zero-order chi connectivity index (χ0) is 23.9. The fourth-order valence-corrected chi connectivity index (χ4v) is 7.35. The van der Waals surface area contributed by atoms with E-state index >= 15 is 0 Å². The van der Waals surface area contributed by atoms with Gasteiger partial charge >= 0.3 is 0 Å². The van der Waals surface area contributed by atoms with Crippen molar-refractivity contribution in [2.75, 3.05) is 6.54 Å². The fourth-order valence-electron chi connectivity index (χ4n) is 7.35. The van der Waals surface area contributed by atoms with Crippen molar-refractivity contribution in [1.82, 2.24) is 9.80 Å². The highest BCUT2D eigenvalue weighted by molar-refractivity contribution is 5.95. The number of rotatable bonds is 7. The Labute approximate surface area is 214 Å².